The minimum absolute atomic E-state index is 0.410. The minimum atomic E-state index is 0.410. The van der Waals surface area contributed by atoms with E-state index in [1.807, 2.05) is 0 Å². The van der Waals surface area contributed by atoms with Crippen LogP contribution in [0.4, 0.5) is 0 Å². The lowest BCUT2D eigenvalue weighted by Crippen LogP contribution is -2.50. The summed E-state index contributed by atoms with van der Waals surface area (Å²) in [5, 5.41) is 7.94. The Balaban J connectivity index is 1.62. The lowest BCUT2D eigenvalue weighted by atomic mass is 9.88. The van der Waals surface area contributed by atoms with Gasteiger partial charge in [0, 0.05) is 5.92 Å². The Morgan fingerprint density at radius 2 is 1.87 bits per heavy atom. The maximum absolute atomic E-state index is 4.55. The van der Waals surface area contributed by atoms with Crippen LogP contribution >= 0.6 is 0 Å². The van der Waals surface area contributed by atoms with Crippen molar-refractivity contribution in [3.63, 3.8) is 0 Å². The van der Waals surface area contributed by atoms with Crippen molar-refractivity contribution in [3.8, 4) is 0 Å². The van der Waals surface area contributed by atoms with Crippen LogP contribution in [0.3, 0.4) is 0 Å². The lowest BCUT2D eigenvalue weighted by molar-refractivity contribution is 0.508. The Morgan fingerprint density at radius 3 is 2.53 bits per heavy atom. The average Bonchev–Trinajstić information content (AvgIpc) is 3.14. The van der Waals surface area contributed by atoms with Crippen LogP contribution < -0.4 is 10.7 Å². The first-order chi connectivity index (χ1) is 7.42. The highest BCUT2D eigenvalue weighted by atomic mass is 15.4. The molecule has 15 heavy (non-hydrogen) atoms. The Hall–Kier alpha value is -1.06. The van der Waals surface area contributed by atoms with Crippen LogP contribution in [-0.4, -0.2) is 24.3 Å². The van der Waals surface area contributed by atoms with Crippen molar-refractivity contribution >= 4 is 11.7 Å². The van der Waals surface area contributed by atoms with Gasteiger partial charge in [0.05, 0.1) is 18.3 Å². The summed E-state index contributed by atoms with van der Waals surface area (Å²) >= 11 is 0. The number of rotatable bonds is 3. The summed E-state index contributed by atoms with van der Waals surface area (Å²) < 4.78 is 0. The Labute approximate surface area is 89.2 Å². The summed E-state index contributed by atoms with van der Waals surface area (Å²) in [7, 11) is 0. The molecule has 2 bridgehead atoms. The molecule has 4 aliphatic rings. The zero-order chi connectivity index (χ0) is 9.83. The fourth-order valence-corrected chi connectivity index (χ4v) is 2.95. The molecule has 0 saturated heterocycles. The molecular weight excluding hydrogens is 188 g/mol. The minimum Gasteiger partial charge on any atom is -0.345 e. The quantitative estimate of drug-likeness (QED) is 0.711. The van der Waals surface area contributed by atoms with Crippen molar-refractivity contribution in [1.29, 1.82) is 0 Å². The standard InChI is InChI=1S/C11H16N4/c1-2-6(1)9(7-3-4-7)10-8-5-12-11(13-8)15-14-10/h6-9H,1-5H2,(H2,12,13,15). The molecule has 4 heteroatoms. The van der Waals surface area contributed by atoms with E-state index in [1.165, 1.54) is 31.4 Å². The molecule has 4 rings (SSSR count). The van der Waals surface area contributed by atoms with Crippen molar-refractivity contribution in [3.05, 3.63) is 0 Å². The predicted octanol–water partition coefficient (Wildman–Crippen LogP) is 0.710. The fraction of sp³-hybridized carbons (Fsp3) is 0.818. The number of nitrogens with one attached hydrogen (secondary N) is 2. The van der Waals surface area contributed by atoms with Gasteiger partial charge in [0.25, 0.3) is 0 Å². The van der Waals surface area contributed by atoms with Gasteiger partial charge < -0.3 is 5.32 Å². The average molecular weight is 204 g/mol. The van der Waals surface area contributed by atoms with Gasteiger partial charge in [-0.25, -0.2) is 10.4 Å². The molecule has 4 nitrogen and oxygen atoms in total. The van der Waals surface area contributed by atoms with Crippen molar-refractivity contribution in [1.82, 2.24) is 10.7 Å². The van der Waals surface area contributed by atoms with Gasteiger partial charge in [-0.3, -0.25) is 0 Å². The van der Waals surface area contributed by atoms with Gasteiger partial charge in [-0.15, -0.1) is 0 Å². The molecule has 1 atom stereocenters. The molecule has 1 unspecified atom stereocenters. The van der Waals surface area contributed by atoms with Gasteiger partial charge in [0.1, 0.15) is 0 Å². The largest absolute Gasteiger partial charge is 0.345 e. The molecule has 80 valence electrons. The number of hydrogen-bond donors (Lipinski definition) is 2. The number of nitrogens with zero attached hydrogens (tertiary/aromatic N) is 2. The van der Waals surface area contributed by atoms with Gasteiger partial charge in [-0.05, 0) is 37.5 Å². The van der Waals surface area contributed by atoms with E-state index in [4.69, 9.17) is 0 Å². The lowest BCUT2D eigenvalue weighted by Gasteiger charge is -2.26. The van der Waals surface area contributed by atoms with Crippen molar-refractivity contribution < 1.29 is 0 Å². The Kier molecular flexibility index (Phi) is 1.49. The first-order valence-corrected chi connectivity index (χ1v) is 6.06. The van der Waals surface area contributed by atoms with E-state index in [9.17, 15) is 0 Å². The highest BCUT2D eigenvalue weighted by molar-refractivity contribution is 6.01. The van der Waals surface area contributed by atoms with Gasteiger partial charge in [0.15, 0.2) is 0 Å². The van der Waals surface area contributed by atoms with Crippen LogP contribution in [0.25, 0.3) is 0 Å². The highest BCUT2D eigenvalue weighted by Gasteiger charge is 2.47. The van der Waals surface area contributed by atoms with Crippen LogP contribution in [0.2, 0.25) is 0 Å². The maximum Gasteiger partial charge on any atom is 0.212 e. The SMILES string of the molecule is C1N=C2NN=C(C(C3CC3)C3CC3)C1N2. The first-order valence-electron chi connectivity index (χ1n) is 6.06. The summed E-state index contributed by atoms with van der Waals surface area (Å²) in [5.41, 5.74) is 4.40. The topological polar surface area (TPSA) is 48.8 Å². The molecule has 0 spiro atoms. The van der Waals surface area contributed by atoms with Crippen LogP contribution in [0, 0.1) is 17.8 Å². The van der Waals surface area contributed by atoms with E-state index < -0.39 is 0 Å². The smallest absolute Gasteiger partial charge is 0.212 e. The van der Waals surface area contributed by atoms with Gasteiger partial charge in [-0.2, -0.15) is 5.10 Å². The monoisotopic (exact) mass is 204 g/mol. The number of guanidine groups is 1. The number of fused-ring (bicyclic) bond motifs is 2. The summed E-state index contributed by atoms with van der Waals surface area (Å²) in [5.74, 6) is 3.49. The second-order valence-corrected chi connectivity index (χ2v) is 5.24. The van der Waals surface area contributed by atoms with Crippen molar-refractivity contribution in [2.45, 2.75) is 31.7 Å². The Bertz CT molecular complexity index is 340. The van der Waals surface area contributed by atoms with Gasteiger partial charge >= 0.3 is 0 Å². The van der Waals surface area contributed by atoms with E-state index in [2.05, 4.69) is 20.8 Å². The molecule has 0 radical (unpaired) electrons. The first kappa shape index (κ1) is 8.13. The van der Waals surface area contributed by atoms with Crippen LogP contribution in [-0.2, 0) is 0 Å². The van der Waals surface area contributed by atoms with Crippen molar-refractivity contribution in [2.24, 2.45) is 27.8 Å². The van der Waals surface area contributed by atoms with Gasteiger partial charge in [0.2, 0.25) is 5.96 Å². The molecule has 0 aromatic rings. The van der Waals surface area contributed by atoms with Crippen LogP contribution in [0.1, 0.15) is 25.7 Å². The second kappa shape index (κ2) is 2.74. The maximum atomic E-state index is 4.55. The second-order valence-electron chi connectivity index (χ2n) is 5.24. The molecule has 0 amide bonds. The predicted molar refractivity (Wildman–Crippen MR) is 58.7 cm³/mol. The zero-order valence-electron chi connectivity index (χ0n) is 8.74. The van der Waals surface area contributed by atoms with Crippen LogP contribution in [0.5, 0.6) is 0 Å². The summed E-state index contributed by atoms with van der Waals surface area (Å²) in [4.78, 5) is 4.37. The molecular formula is C11H16N4. The molecule has 2 saturated carbocycles. The molecule has 0 aromatic carbocycles. The molecule has 2 heterocycles. The third-order valence-corrected chi connectivity index (χ3v) is 3.99. The highest BCUT2D eigenvalue weighted by Crippen LogP contribution is 2.50. The van der Waals surface area contributed by atoms with Crippen LogP contribution in [0.15, 0.2) is 10.1 Å². The summed E-state index contributed by atoms with van der Waals surface area (Å²) in [6.07, 6.45) is 5.67. The number of hydrazone groups is 1. The Morgan fingerprint density at radius 1 is 1.13 bits per heavy atom. The molecule has 2 fully saturated rings. The normalized spacial score (nSPS) is 33.3. The summed E-state index contributed by atoms with van der Waals surface area (Å²) in [6, 6.07) is 0.410. The molecule has 2 aliphatic heterocycles. The fourth-order valence-electron chi connectivity index (χ4n) is 2.95. The molecule has 0 aromatic heterocycles. The van der Waals surface area contributed by atoms with E-state index in [0.717, 1.165) is 30.3 Å². The zero-order valence-corrected chi connectivity index (χ0v) is 8.74. The molecule has 2 N–H and O–H groups in total. The molecule has 2 aliphatic carbocycles. The summed E-state index contributed by atoms with van der Waals surface area (Å²) in [6.45, 7) is 0.886. The van der Waals surface area contributed by atoms with E-state index in [0.29, 0.717) is 6.04 Å². The van der Waals surface area contributed by atoms with E-state index >= 15 is 0 Å². The van der Waals surface area contributed by atoms with E-state index in [1.54, 1.807) is 0 Å². The number of hydrogen-bond acceptors (Lipinski definition) is 4. The van der Waals surface area contributed by atoms with Gasteiger partial charge in [-0.1, -0.05) is 0 Å². The van der Waals surface area contributed by atoms with E-state index in [-0.39, 0.29) is 0 Å². The third kappa shape index (κ3) is 1.27. The van der Waals surface area contributed by atoms with Crippen molar-refractivity contribution in [2.75, 3.05) is 6.54 Å². The third-order valence-electron chi connectivity index (χ3n) is 3.99. The number of aliphatic imine (C=N–C) groups is 1.